The van der Waals surface area contributed by atoms with E-state index in [4.69, 9.17) is 0 Å². The van der Waals surface area contributed by atoms with Crippen LogP contribution in [0, 0.1) is 11.8 Å². The molecule has 1 aliphatic carbocycles. The minimum atomic E-state index is 0.526. The van der Waals surface area contributed by atoms with Gasteiger partial charge in [0, 0.05) is 24.8 Å². The third kappa shape index (κ3) is 2.71. The van der Waals surface area contributed by atoms with Crippen LogP contribution in [0.5, 0.6) is 0 Å². The van der Waals surface area contributed by atoms with Gasteiger partial charge in [-0.3, -0.25) is 0 Å². The maximum atomic E-state index is 4.33. The van der Waals surface area contributed by atoms with Crippen LogP contribution in [-0.2, 0) is 6.54 Å². The number of rotatable bonds is 4. The quantitative estimate of drug-likeness (QED) is 0.869. The van der Waals surface area contributed by atoms with Crippen molar-refractivity contribution in [2.45, 2.75) is 59.2 Å². The van der Waals surface area contributed by atoms with Crippen LogP contribution in [0.15, 0.2) is 12.5 Å². The molecule has 1 aromatic rings. The van der Waals surface area contributed by atoms with E-state index in [0.717, 1.165) is 18.4 Å². The summed E-state index contributed by atoms with van der Waals surface area (Å²) in [6.07, 6.45) is 6.66. The van der Waals surface area contributed by atoms with E-state index in [9.17, 15) is 0 Å². The Balaban J connectivity index is 2.08. The van der Waals surface area contributed by atoms with Crippen molar-refractivity contribution in [3.05, 3.63) is 18.2 Å². The van der Waals surface area contributed by atoms with E-state index >= 15 is 0 Å². The van der Waals surface area contributed by atoms with Gasteiger partial charge in [-0.25, -0.2) is 4.98 Å². The molecule has 0 spiro atoms. The Hall–Kier alpha value is -0.830. The molecule has 3 nitrogen and oxygen atoms in total. The highest BCUT2D eigenvalue weighted by Crippen LogP contribution is 2.40. The normalized spacial score (nSPS) is 29.1. The molecule has 1 fully saturated rings. The highest BCUT2D eigenvalue weighted by atomic mass is 15.1. The molecule has 96 valence electrons. The largest absolute Gasteiger partial charge is 0.330 e. The highest BCUT2D eigenvalue weighted by molar-refractivity contribution is 5.02. The molecule has 3 unspecified atom stereocenters. The molecule has 0 amide bonds. The number of nitrogens with zero attached hydrogens (tertiary/aromatic N) is 2. The summed E-state index contributed by atoms with van der Waals surface area (Å²) in [5, 5.41) is 3.48. The molecule has 1 N–H and O–H groups in total. The van der Waals surface area contributed by atoms with Crippen LogP contribution in [0.25, 0.3) is 0 Å². The Morgan fingerprint density at radius 3 is 2.76 bits per heavy atom. The molecule has 0 aromatic carbocycles. The van der Waals surface area contributed by atoms with Crippen LogP contribution < -0.4 is 5.32 Å². The first-order valence-corrected chi connectivity index (χ1v) is 6.83. The van der Waals surface area contributed by atoms with Crippen LogP contribution in [0.1, 0.15) is 52.3 Å². The van der Waals surface area contributed by atoms with Crippen molar-refractivity contribution in [3.8, 4) is 0 Å². The Bertz CT molecular complexity index is 356. The number of hydrogen-bond donors (Lipinski definition) is 1. The average molecular weight is 235 g/mol. The molecule has 0 aliphatic heterocycles. The molecule has 0 bridgehead atoms. The van der Waals surface area contributed by atoms with Crippen LogP contribution in [-0.4, -0.2) is 15.6 Å². The lowest BCUT2D eigenvalue weighted by Crippen LogP contribution is -2.25. The van der Waals surface area contributed by atoms with Gasteiger partial charge in [-0.05, 0) is 24.7 Å². The van der Waals surface area contributed by atoms with Crippen LogP contribution >= 0.6 is 0 Å². The van der Waals surface area contributed by atoms with Crippen LogP contribution in [0.3, 0.4) is 0 Å². The summed E-state index contributed by atoms with van der Waals surface area (Å²) in [7, 11) is 0. The Kier molecular flexibility index (Phi) is 3.87. The molecule has 0 saturated heterocycles. The molecule has 0 radical (unpaired) electrons. The lowest BCUT2D eigenvalue weighted by Gasteiger charge is -2.22. The van der Waals surface area contributed by atoms with Crippen molar-refractivity contribution in [2.75, 3.05) is 0 Å². The van der Waals surface area contributed by atoms with E-state index in [0.29, 0.717) is 12.1 Å². The first-order valence-electron chi connectivity index (χ1n) is 6.83. The highest BCUT2D eigenvalue weighted by Gasteiger charge is 2.31. The molecular formula is C14H25N3. The van der Waals surface area contributed by atoms with Gasteiger partial charge in [0.25, 0.3) is 0 Å². The van der Waals surface area contributed by atoms with Crippen molar-refractivity contribution < 1.29 is 0 Å². The fourth-order valence-electron chi connectivity index (χ4n) is 2.81. The topological polar surface area (TPSA) is 29.9 Å². The summed E-state index contributed by atoms with van der Waals surface area (Å²) >= 11 is 0. The van der Waals surface area contributed by atoms with Gasteiger partial charge in [-0.15, -0.1) is 0 Å². The SMILES string of the molecule is CC(C)NCc1cncn1C1CCC(C)C1C. The zero-order valence-corrected chi connectivity index (χ0v) is 11.5. The standard InChI is InChI=1S/C14H25N3/c1-10(2)16-8-13-7-15-9-17(13)14-6-5-11(3)12(14)4/h7,9-12,14,16H,5-6,8H2,1-4H3. The Morgan fingerprint density at radius 1 is 1.41 bits per heavy atom. The molecule has 2 rings (SSSR count). The van der Waals surface area contributed by atoms with Crippen LogP contribution in [0.2, 0.25) is 0 Å². The van der Waals surface area contributed by atoms with Gasteiger partial charge in [0.05, 0.1) is 12.0 Å². The monoisotopic (exact) mass is 235 g/mol. The van der Waals surface area contributed by atoms with Crippen LogP contribution in [0.4, 0.5) is 0 Å². The molecule has 3 atom stereocenters. The molecule has 1 aromatic heterocycles. The van der Waals surface area contributed by atoms with Crippen molar-refractivity contribution in [1.29, 1.82) is 0 Å². The van der Waals surface area contributed by atoms with E-state index in [2.05, 4.69) is 42.6 Å². The van der Waals surface area contributed by atoms with E-state index in [-0.39, 0.29) is 0 Å². The lowest BCUT2D eigenvalue weighted by atomic mass is 9.97. The van der Waals surface area contributed by atoms with Gasteiger partial charge in [0.1, 0.15) is 0 Å². The maximum absolute atomic E-state index is 4.33. The average Bonchev–Trinajstić information content (AvgIpc) is 2.85. The van der Waals surface area contributed by atoms with Crippen molar-refractivity contribution >= 4 is 0 Å². The zero-order valence-electron chi connectivity index (χ0n) is 11.5. The Morgan fingerprint density at radius 2 is 2.18 bits per heavy atom. The molecular weight excluding hydrogens is 210 g/mol. The summed E-state index contributed by atoms with van der Waals surface area (Å²) in [6.45, 7) is 10.0. The third-order valence-electron chi connectivity index (χ3n) is 4.22. The van der Waals surface area contributed by atoms with Gasteiger partial charge >= 0.3 is 0 Å². The number of aromatic nitrogens is 2. The van der Waals surface area contributed by atoms with E-state index < -0.39 is 0 Å². The summed E-state index contributed by atoms with van der Waals surface area (Å²) in [5.41, 5.74) is 1.32. The van der Waals surface area contributed by atoms with Gasteiger partial charge < -0.3 is 9.88 Å². The molecule has 1 aliphatic rings. The predicted molar refractivity (Wildman–Crippen MR) is 70.8 cm³/mol. The van der Waals surface area contributed by atoms with Crippen molar-refractivity contribution in [3.63, 3.8) is 0 Å². The van der Waals surface area contributed by atoms with E-state index in [1.807, 2.05) is 12.5 Å². The minimum absolute atomic E-state index is 0.526. The first kappa shape index (κ1) is 12.6. The van der Waals surface area contributed by atoms with Gasteiger partial charge in [-0.2, -0.15) is 0 Å². The van der Waals surface area contributed by atoms with Crippen molar-refractivity contribution in [1.82, 2.24) is 14.9 Å². The van der Waals surface area contributed by atoms with Gasteiger partial charge in [-0.1, -0.05) is 27.7 Å². The molecule has 1 saturated carbocycles. The van der Waals surface area contributed by atoms with Crippen molar-refractivity contribution in [2.24, 2.45) is 11.8 Å². The van der Waals surface area contributed by atoms with E-state index in [1.54, 1.807) is 0 Å². The number of hydrogen-bond acceptors (Lipinski definition) is 2. The van der Waals surface area contributed by atoms with Gasteiger partial charge in [0.2, 0.25) is 0 Å². The van der Waals surface area contributed by atoms with Gasteiger partial charge in [0.15, 0.2) is 0 Å². The molecule has 17 heavy (non-hydrogen) atoms. The zero-order chi connectivity index (χ0) is 12.4. The predicted octanol–water partition coefficient (Wildman–Crippen LogP) is 2.99. The number of imidazole rings is 1. The minimum Gasteiger partial charge on any atom is -0.330 e. The molecule has 1 heterocycles. The smallest absolute Gasteiger partial charge is 0.0951 e. The first-order chi connectivity index (χ1) is 8.09. The second-order valence-corrected chi connectivity index (χ2v) is 5.81. The lowest BCUT2D eigenvalue weighted by molar-refractivity contribution is 0.344. The molecule has 3 heteroatoms. The fraction of sp³-hybridized carbons (Fsp3) is 0.786. The summed E-state index contributed by atoms with van der Waals surface area (Å²) in [5.74, 6) is 1.61. The summed E-state index contributed by atoms with van der Waals surface area (Å²) in [6, 6.07) is 1.18. The second kappa shape index (κ2) is 5.21. The number of nitrogens with one attached hydrogen (secondary N) is 1. The summed E-state index contributed by atoms with van der Waals surface area (Å²) < 4.78 is 2.39. The maximum Gasteiger partial charge on any atom is 0.0951 e. The second-order valence-electron chi connectivity index (χ2n) is 5.81. The third-order valence-corrected chi connectivity index (χ3v) is 4.22. The fourth-order valence-corrected chi connectivity index (χ4v) is 2.81. The Labute approximate surface area is 105 Å². The summed E-state index contributed by atoms with van der Waals surface area (Å²) in [4.78, 5) is 4.33. The van der Waals surface area contributed by atoms with E-state index in [1.165, 1.54) is 18.5 Å².